The minimum absolute atomic E-state index is 0.0749. The molecular weight excluding hydrogens is 244 g/mol. The van der Waals surface area contributed by atoms with Gasteiger partial charge in [0.25, 0.3) is 0 Å². The number of carbonyl (C=O) groups is 2. The molecule has 1 heterocycles. The van der Waals surface area contributed by atoms with Crippen molar-refractivity contribution in [2.45, 2.75) is 51.5 Å². The van der Waals surface area contributed by atoms with Crippen LogP contribution in [0.2, 0.25) is 0 Å². The first-order chi connectivity index (χ1) is 9.11. The average molecular weight is 268 g/mol. The van der Waals surface area contributed by atoms with Crippen LogP contribution in [0.5, 0.6) is 0 Å². The molecule has 0 bridgehead atoms. The monoisotopic (exact) mass is 268 g/mol. The maximum atomic E-state index is 12.2. The zero-order valence-corrected chi connectivity index (χ0v) is 11.6. The molecule has 0 aromatic rings. The molecule has 3 unspecified atom stereocenters. The second-order valence-corrected chi connectivity index (χ2v) is 5.79. The van der Waals surface area contributed by atoms with Crippen molar-refractivity contribution in [1.29, 1.82) is 0 Å². The Morgan fingerprint density at radius 3 is 2.63 bits per heavy atom. The molecule has 19 heavy (non-hydrogen) atoms. The Hall–Kier alpha value is -1.26. The molecular formula is C14H24N2O3. The van der Waals surface area contributed by atoms with Gasteiger partial charge in [0.05, 0.1) is 5.92 Å². The van der Waals surface area contributed by atoms with Gasteiger partial charge in [-0.15, -0.1) is 0 Å². The van der Waals surface area contributed by atoms with E-state index in [4.69, 9.17) is 0 Å². The third kappa shape index (κ3) is 3.39. The zero-order valence-electron chi connectivity index (χ0n) is 11.6. The van der Waals surface area contributed by atoms with Gasteiger partial charge in [-0.1, -0.05) is 26.2 Å². The molecule has 2 fully saturated rings. The van der Waals surface area contributed by atoms with Crippen LogP contribution >= 0.6 is 0 Å². The minimum atomic E-state index is -0.780. The highest BCUT2D eigenvalue weighted by molar-refractivity contribution is 5.77. The molecule has 0 radical (unpaired) electrons. The van der Waals surface area contributed by atoms with Gasteiger partial charge < -0.3 is 15.3 Å². The van der Waals surface area contributed by atoms with Gasteiger partial charge in [0.15, 0.2) is 0 Å². The number of urea groups is 1. The average Bonchev–Trinajstić information content (AvgIpc) is 2.88. The van der Waals surface area contributed by atoms with E-state index < -0.39 is 11.9 Å². The first kappa shape index (κ1) is 14.2. The van der Waals surface area contributed by atoms with E-state index in [-0.39, 0.29) is 12.1 Å². The molecule has 1 saturated carbocycles. The lowest BCUT2D eigenvalue weighted by molar-refractivity contribution is -0.143. The fourth-order valence-electron chi connectivity index (χ4n) is 3.20. The van der Waals surface area contributed by atoms with Crippen LogP contribution in [0.3, 0.4) is 0 Å². The molecule has 2 N–H and O–H groups in total. The van der Waals surface area contributed by atoms with Crippen LogP contribution in [0.1, 0.15) is 45.4 Å². The summed E-state index contributed by atoms with van der Waals surface area (Å²) in [5.41, 5.74) is 0. The van der Waals surface area contributed by atoms with E-state index in [2.05, 4.69) is 12.2 Å². The number of rotatable bonds is 3. The fourth-order valence-corrected chi connectivity index (χ4v) is 3.20. The molecule has 2 amide bonds. The Balaban J connectivity index is 1.88. The number of hydrogen-bond acceptors (Lipinski definition) is 2. The van der Waals surface area contributed by atoms with Crippen molar-refractivity contribution in [3.63, 3.8) is 0 Å². The van der Waals surface area contributed by atoms with Gasteiger partial charge in [0.2, 0.25) is 0 Å². The van der Waals surface area contributed by atoms with E-state index in [1.54, 1.807) is 0 Å². The standard InChI is InChI=1S/C14H24N2O3/c1-2-10-7-8-16(9-10)14(19)15-12-6-4-3-5-11(12)13(17)18/h10-12H,2-9H2,1H3,(H,15,19)(H,17,18). The molecule has 5 heteroatoms. The number of amides is 2. The lowest BCUT2D eigenvalue weighted by atomic mass is 9.84. The molecule has 0 aromatic carbocycles. The summed E-state index contributed by atoms with van der Waals surface area (Å²) in [5, 5.41) is 12.1. The summed E-state index contributed by atoms with van der Waals surface area (Å²) in [6, 6.07) is -0.270. The van der Waals surface area contributed by atoms with Crippen LogP contribution < -0.4 is 5.32 Å². The molecule has 5 nitrogen and oxygen atoms in total. The number of nitrogens with one attached hydrogen (secondary N) is 1. The summed E-state index contributed by atoms with van der Waals surface area (Å²) in [6.45, 7) is 3.76. The number of likely N-dealkylation sites (tertiary alicyclic amines) is 1. The van der Waals surface area contributed by atoms with Crippen molar-refractivity contribution in [2.24, 2.45) is 11.8 Å². The number of aliphatic carboxylic acids is 1. The quantitative estimate of drug-likeness (QED) is 0.823. The van der Waals surface area contributed by atoms with Gasteiger partial charge in [-0.2, -0.15) is 0 Å². The maximum absolute atomic E-state index is 12.2. The summed E-state index contributed by atoms with van der Waals surface area (Å²) in [4.78, 5) is 25.2. The maximum Gasteiger partial charge on any atom is 0.317 e. The van der Waals surface area contributed by atoms with Gasteiger partial charge in [-0.3, -0.25) is 4.79 Å². The Labute approximate surface area is 114 Å². The minimum Gasteiger partial charge on any atom is -0.481 e. The first-order valence-electron chi connectivity index (χ1n) is 7.40. The zero-order chi connectivity index (χ0) is 13.8. The van der Waals surface area contributed by atoms with Crippen LogP contribution in [-0.2, 0) is 4.79 Å². The summed E-state index contributed by atoms with van der Waals surface area (Å²) in [5.74, 6) is -0.590. The molecule has 1 aliphatic heterocycles. The highest BCUT2D eigenvalue weighted by atomic mass is 16.4. The van der Waals surface area contributed by atoms with Crippen molar-refractivity contribution < 1.29 is 14.7 Å². The van der Waals surface area contributed by atoms with E-state index >= 15 is 0 Å². The molecule has 1 saturated heterocycles. The van der Waals surface area contributed by atoms with E-state index in [0.717, 1.165) is 45.2 Å². The summed E-state index contributed by atoms with van der Waals surface area (Å²) in [6.07, 6.45) is 5.59. The van der Waals surface area contributed by atoms with Crippen LogP contribution in [0.25, 0.3) is 0 Å². The molecule has 0 aromatic heterocycles. The smallest absolute Gasteiger partial charge is 0.317 e. The van der Waals surface area contributed by atoms with Crippen LogP contribution in [0, 0.1) is 11.8 Å². The third-order valence-electron chi connectivity index (χ3n) is 4.54. The molecule has 1 aliphatic carbocycles. The number of carboxylic acid groups (broad SMARTS) is 1. The molecule has 3 atom stereocenters. The lowest BCUT2D eigenvalue weighted by Gasteiger charge is -2.31. The van der Waals surface area contributed by atoms with Crippen LogP contribution in [0.4, 0.5) is 4.79 Å². The summed E-state index contributed by atoms with van der Waals surface area (Å²) < 4.78 is 0. The van der Waals surface area contributed by atoms with Gasteiger partial charge in [0, 0.05) is 19.1 Å². The van der Waals surface area contributed by atoms with E-state index in [0.29, 0.717) is 12.3 Å². The van der Waals surface area contributed by atoms with Crippen molar-refractivity contribution in [2.75, 3.05) is 13.1 Å². The third-order valence-corrected chi connectivity index (χ3v) is 4.54. The second kappa shape index (κ2) is 6.26. The second-order valence-electron chi connectivity index (χ2n) is 5.79. The van der Waals surface area contributed by atoms with E-state index in [1.807, 2.05) is 4.90 Å². The molecule has 2 aliphatic rings. The Morgan fingerprint density at radius 2 is 2.00 bits per heavy atom. The molecule has 108 valence electrons. The summed E-state index contributed by atoms with van der Waals surface area (Å²) >= 11 is 0. The first-order valence-corrected chi connectivity index (χ1v) is 7.40. The Kier molecular flexibility index (Phi) is 4.66. The van der Waals surface area contributed by atoms with Crippen molar-refractivity contribution >= 4 is 12.0 Å². The number of nitrogens with zero attached hydrogens (tertiary/aromatic N) is 1. The molecule has 0 spiro atoms. The topological polar surface area (TPSA) is 69.6 Å². The van der Waals surface area contributed by atoms with Gasteiger partial charge in [-0.25, -0.2) is 4.79 Å². The highest BCUT2D eigenvalue weighted by Gasteiger charge is 2.34. The normalized spacial score (nSPS) is 31.2. The number of carbonyl (C=O) groups excluding carboxylic acids is 1. The lowest BCUT2D eigenvalue weighted by Crippen LogP contribution is -2.49. The van der Waals surface area contributed by atoms with Crippen LogP contribution in [0.15, 0.2) is 0 Å². The predicted octanol–water partition coefficient (Wildman–Crippen LogP) is 2.07. The number of hydrogen-bond donors (Lipinski definition) is 2. The molecule has 2 rings (SSSR count). The predicted molar refractivity (Wildman–Crippen MR) is 71.9 cm³/mol. The van der Waals surface area contributed by atoms with Crippen molar-refractivity contribution in [3.05, 3.63) is 0 Å². The van der Waals surface area contributed by atoms with Crippen molar-refractivity contribution in [3.8, 4) is 0 Å². The van der Waals surface area contributed by atoms with E-state index in [9.17, 15) is 14.7 Å². The van der Waals surface area contributed by atoms with Crippen LogP contribution in [-0.4, -0.2) is 41.1 Å². The van der Waals surface area contributed by atoms with Gasteiger partial charge in [0.1, 0.15) is 0 Å². The highest BCUT2D eigenvalue weighted by Crippen LogP contribution is 2.25. The largest absolute Gasteiger partial charge is 0.481 e. The van der Waals surface area contributed by atoms with Gasteiger partial charge in [-0.05, 0) is 25.2 Å². The van der Waals surface area contributed by atoms with E-state index in [1.165, 1.54) is 0 Å². The number of carboxylic acids is 1. The van der Waals surface area contributed by atoms with Gasteiger partial charge >= 0.3 is 12.0 Å². The SMILES string of the molecule is CCC1CCN(C(=O)NC2CCCCC2C(=O)O)C1. The summed E-state index contributed by atoms with van der Waals surface area (Å²) in [7, 11) is 0. The van der Waals surface area contributed by atoms with Crippen molar-refractivity contribution in [1.82, 2.24) is 10.2 Å². The fraction of sp³-hybridized carbons (Fsp3) is 0.857. The Morgan fingerprint density at radius 1 is 1.26 bits per heavy atom. The Bertz CT molecular complexity index is 346.